The predicted octanol–water partition coefficient (Wildman–Crippen LogP) is 1.83. The standard InChI is InChI=1S/C12H15ClN2O2/c1-17-8-5-7(6-8)15-12(16)9-3-2-4-10(14)11(9)13/h2-4,7-8H,5-6,14H2,1H3,(H,15,16). The van der Waals surface area contributed by atoms with Gasteiger partial charge in [0.1, 0.15) is 0 Å². The molecule has 2 rings (SSSR count). The Morgan fingerprint density at radius 1 is 1.53 bits per heavy atom. The smallest absolute Gasteiger partial charge is 0.253 e. The van der Waals surface area contributed by atoms with E-state index in [0.717, 1.165) is 12.8 Å². The fraction of sp³-hybridized carbons (Fsp3) is 0.417. The van der Waals surface area contributed by atoms with Crippen LogP contribution in [0.15, 0.2) is 18.2 Å². The highest BCUT2D eigenvalue weighted by Crippen LogP contribution is 2.26. The van der Waals surface area contributed by atoms with Crippen molar-refractivity contribution in [2.24, 2.45) is 0 Å². The van der Waals surface area contributed by atoms with E-state index in [9.17, 15) is 4.79 Å². The normalized spacial score (nSPS) is 22.9. The van der Waals surface area contributed by atoms with Gasteiger partial charge < -0.3 is 15.8 Å². The Bertz CT molecular complexity index is 431. The third kappa shape index (κ3) is 2.53. The summed E-state index contributed by atoms with van der Waals surface area (Å²) in [4.78, 5) is 11.9. The second-order valence-electron chi connectivity index (χ2n) is 4.21. The molecule has 17 heavy (non-hydrogen) atoms. The van der Waals surface area contributed by atoms with Gasteiger partial charge in [0, 0.05) is 13.2 Å². The van der Waals surface area contributed by atoms with Gasteiger partial charge in [-0.15, -0.1) is 0 Å². The Hall–Kier alpha value is -1.26. The molecule has 0 atom stereocenters. The molecule has 0 bridgehead atoms. The van der Waals surface area contributed by atoms with E-state index in [0.29, 0.717) is 16.3 Å². The minimum absolute atomic E-state index is 0.171. The number of anilines is 1. The first-order valence-electron chi connectivity index (χ1n) is 5.49. The summed E-state index contributed by atoms with van der Waals surface area (Å²) in [5.41, 5.74) is 6.49. The van der Waals surface area contributed by atoms with Gasteiger partial charge >= 0.3 is 0 Å². The lowest BCUT2D eigenvalue weighted by atomic mass is 9.89. The van der Waals surface area contributed by atoms with Gasteiger partial charge in [-0.1, -0.05) is 17.7 Å². The van der Waals surface area contributed by atoms with Crippen molar-refractivity contribution in [2.75, 3.05) is 12.8 Å². The Morgan fingerprint density at radius 2 is 2.24 bits per heavy atom. The number of hydrogen-bond acceptors (Lipinski definition) is 3. The van der Waals surface area contributed by atoms with Crippen LogP contribution in [-0.2, 0) is 4.74 Å². The molecule has 0 radical (unpaired) electrons. The van der Waals surface area contributed by atoms with Crippen molar-refractivity contribution in [1.82, 2.24) is 5.32 Å². The largest absolute Gasteiger partial charge is 0.398 e. The van der Waals surface area contributed by atoms with Gasteiger partial charge in [0.05, 0.1) is 22.4 Å². The van der Waals surface area contributed by atoms with Crippen LogP contribution in [-0.4, -0.2) is 25.2 Å². The van der Waals surface area contributed by atoms with Crippen LogP contribution in [0.3, 0.4) is 0 Å². The third-order valence-electron chi connectivity index (χ3n) is 3.04. The molecular formula is C12H15ClN2O2. The number of nitrogens with one attached hydrogen (secondary N) is 1. The molecule has 1 aromatic rings. The van der Waals surface area contributed by atoms with Crippen LogP contribution < -0.4 is 11.1 Å². The summed E-state index contributed by atoms with van der Waals surface area (Å²) in [6.07, 6.45) is 1.96. The maximum atomic E-state index is 11.9. The SMILES string of the molecule is COC1CC(NC(=O)c2cccc(N)c2Cl)C1. The van der Waals surface area contributed by atoms with E-state index < -0.39 is 0 Å². The Kier molecular flexibility index (Phi) is 3.54. The summed E-state index contributed by atoms with van der Waals surface area (Å²) in [6.45, 7) is 0. The first-order valence-corrected chi connectivity index (χ1v) is 5.87. The van der Waals surface area contributed by atoms with Gasteiger partial charge in [0.15, 0.2) is 0 Å². The number of nitrogen functional groups attached to an aromatic ring is 1. The van der Waals surface area contributed by atoms with E-state index in [4.69, 9.17) is 22.1 Å². The zero-order valence-electron chi connectivity index (χ0n) is 9.57. The summed E-state index contributed by atoms with van der Waals surface area (Å²) in [5, 5.41) is 3.22. The highest BCUT2D eigenvalue weighted by atomic mass is 35.5. The van der Waals surface area contributed by atoms with Gasteiger partial charge in [-0.2, -0.15) is 0 Å². The zero-order chi connectivity index (χ0) is 12.4. The average Bonchev–Trinajstić information content (AvgIpc) is 2.26. The number of benzene rings is 1. The molecule has 3 N–H and O–H groups in total. The van der Waals surface area contributed by atoms with Gasteiger partial charge in [0.2, 0.25) is 0 Å². The molecule has 1 saturated carbocycles. The van der Waals surface area contributed by atoms with E-state index in [1.807, 2.05) is 0 Å². The van der Waals surface area contributed by atoms with E-state index in [-0.39, 0.29) is 18.1 Å². The molecule has 1 amide bonds. The molecule has 1 aromatic carbocycles. The van der Waals surface area contributed by atoms with Crippen LogP contribution >= 0.6 is 11.6 Å². The van der Waals surface area contributed by atoms with Crippen LogP contribution in [0.1, 0.15) is 23.2 Å². The number of rotatable bonds is 3. The summed E-state index contributed by atoms with van der Waals surface area (Å²) in [6, 6.07) is 5.23. The number of ether oxygens (including phenoxy) is 1. The minimum atomic E-state index is -0.179. The maximum absolute atomic E-state index is 11.9. The molecule has 1 fully saturated rings. The molecular weight excluding hydrogens is 240 g/mol. The van der Waals surface area contributed by atoms with E-state index in [1.54, 1.807) is 25.3 Å². The van der Waals surface area contributed by atoms with Gasteiger partial charge in [-0.3, -0.25) is 4.79 Å². The second kappa shape index (κ2) is 4.94. The molecule has 0 spiro atoms. The molecule has 0 heterocycles. The van der Waals surface area contributed by atoms with Crippen molar-refractivity contribution in [3.63, 3.8) is 0 Å². The zero-order valence-corrected chi connectivity index (χ0v) is 10.3. The van der Waals surface area contributed by atoms with Crippen molar-refractivity contribution in [3.8, 4) is 0 Å². The number of carbonyl (C=O) groups excluding carboxylic acids is 1. The molecule has 0 saturated heterocycles. The summed E-state index contributed by atoms with van der Waals surface area (Å²) >= 11 is 5.98. The van der Waals surface area contributed by atoms with Crippen LogP contribution in [0.4, 0.5) is 5.69 Å². The molecule has 5 heteroatoms. The summed E-state index contributed by atoms with van der Waals surface area (Å²) in [5.74, 6) is -0.179. The molecule has 1 aliphatic carbocycles. The quantitative estimate of drug-likeness (QED) is 0.809. The van der Waals surface area contributed by atoms with Crippen molar-refractivity contribution in [1.29, 1.82) is 0 Å². The number of halogens is 1. The number of nitrogens with two attached hydrogens (primary N) is 1. The predicted molar refractivity (Wildman–Crippen MR) is 67.1 cm³/mol. The monoisotopic (exact) mass is 254 g/mol. The van der Waals surface area contributed by atoms with Gasteiger partial charge in [-0.05, 0) is 25.0 Å². The lowest BCUT2D eigenvalue weighted by Gasteiger charge is -2.34. The third-order valence-corrected chi connectivity index (χ3v) is 3.46. The Morgan fingerprint density at radius 3 is 2.88 bits per heavy atom. The van der Waals surface area contributed by atoms with Crippen molar-refractivity contribution in [3.05, 3.63) is 28.8 Å². The molecule has 4 nitrogen and oxygen atoms in total. The Labute approximate surface area is 105 Å². The van der Waals surface area contributed by atoms with Crippen molar-refractivity contribution >= 4 is 23.2 Å². The minimum Gasteiger partial charge on any atom is -0.398 e. The summed E-state index contributed by atoms with van der Waals surface area (Å²) < 4.78 is 5.15. The lowest BCUT2D eigenvalue weighted by molar-refractivity contribution is 0.0176. The van der Waals surface area contributed by atoms with Crippen LogP contribution in [0.25, 0.3) is 0 Å². The molecule has 0 aromatic heterocycles. The summed E-state index contributed by atoms with van der Waals surface area (Å²) in [7, 11) is 1.68. The van der Waals surface area contributed by atoms with Crippen LogP contribution in [0, 0.1) is 0 Å². The molecule has 0 unspecified atom stereocenters. The van der Waals surface area contributed by atoms with E-state index >= 15 is 0 Å². The maximum Gasteiger partial charge on any atom is 0.253 e. The van der Waals surface area contributed by atoms with Crippen LogP contribution in [0.5, 0.6) is 0 Å². The van der Waals surface area contributed by atoms with Gasteiger partial charge in [-0.25, -0.2) is 0 Å². The number of amides is 1. The van der Waals surface area contributed by atoms with Crippen molar-refractivity contribution < 1.29 is 9.53 Å². The highest BCUT2D eigenvalue weighted by Gasteiger charge is 2.30. The molecule has 92 valence electrons. The van der Waals surface area contributed by atoms with Crippen molar-refractivity contribution in [2.45, 2.75) is 25.0 Å². The van der Waals surface area contributed by atoms with Crippen LogP contribution in [0.2, 0.25) is 5.02 Å². The topological polar surface area (TPSA) is 64.3 Å². The fourth-order valence-electron chi connectivity index (χ4n) is 1.86. The Balaban J connectivity index is 1.99. The van der Waals surface area contributed by atoms with E-state index in [1.165, 1.54) is 0 Å². The fourth-order valence-corrected chi connectivity index (χ4v) is 2.08. The molecule has 0 aliphatic heterocycles. The highest BCUT2D eigenvalue weighted by molar-refractivity contribution is 6.36. The number of methoxy groups -OCH3 is 1. The van der Waals surface area contributed by atoms with E-state index in [2.05, 4.69) is 5.32 Å². The second-order valence-corrected chi connectivity index (χ2v) is 4.59. The lowest BCUT2D eigenvalue weighted by Crippen LogP contribution is -2.47. The molecule has 1 aliphatic rings. The van der Waals surface area contributed by atoms with Gasteiger partial charge in [0.25, 0.3) is 5.91 Å². The first kappa shape index (κ1) is 12.2. The number of hydrogen-bond donors (Lipinski definition) is 2. The number of carbonyl (C=O) groups is 1. The first-order chi connectivity index (χ1) is 8.11. The average molecular weight is 255 g/mol.